The lowest BCUT2D eigenvalue weighted by molar-refractivity contribution is -0.117. The maximum atomic E-state index is 11.5. The Hall–Kier alpha value is -1.53. The van der Waals surface area contributed by atoms with E-state index in [-0.39, 0.29) is 10.9 Å². The summed E-state index contributed by atoms with van der Waals surface area (Å²) in [5, 5.41) is 9.44. The monoisotopic (exact) mass is 271 g/mol. The van der Waals surface area contributed by atoms with Crippen LogP contribution in [0.5, 0.6) is 0 Å². The smallest absolute Gasteiger partial charge is 0.257 e. The van der Waals surface area contributed by atoms with Crippen molar-refractivity contribution in [2.45, 2.75) is 0 Å². The molecule has 0 heterocycles. The molecule has 0 aliphatic heterocycles. The van der Waals surface area contributed by atoms with Crippen molar-refractivity contribution < 1.29 is 9.59 Å². The van der Waals surface area contributed by atoms with Gasteiger partial charge in [0.2, 0.25) is 5.91 Å². The van der Waals surface area contributed by atoms with Gasteiger partial charge in [0.25, 0.3) is 5.91 Å². The highest BCUT2D eigenvalue weighted by Crippen LogP contribution is 2.09. The van der Waals surface area contributed by atoms with E-state index in [2.05, 4.69) is 5.32 Å². The van der Waals surface area contributed by atoms with Gasteiger partial charge in [0, 0.05) is 10.6 Å². The second-order valence-corrected chi connectivity index (χ2v) is 4.49. The molecular formula is C10H10ClN3O2S. The molecule has 1 aromatic rings. The van der Waals surface area contributed by atoms with Gasteiger partial charge in [0.05, 0.1) is 5.75 Å². The van der Waals surface area contributed by atoms with Gasteiger partial charge in [-0.05, 0) is 24.3 Å². The van der Waals surface area contributed by atoms with E-state index in [1.807, 2.05) is 0 Å². The Morgan fingerprint density at radius 1 is 1.35 bits per heavy atom. The molecule has 1 rings (SSSR count). The predicted molar refractivity (Wildman–Crippen MR) is 68.3 cm³/mol. The molecule has 0 saturated carbocycles. The minimum Gasteiger partial charge on any atom is -0.379 e. The van der Waals surface area contributed by atoms with Crippen molar-refractivity contribution in [3.8, 4) is 0 Å². The first kappa shape index (κ1) is 13.5. The van der Waals surface area contributed by atoms with E-state index in [9.17, 15) is 9.59 Å². The van der Waals surface area contributed by atoms with Crippen LogP contribution in [0.1, 0.15) is 10.4 Å². The first-order valence-corrected chi connectivity index (χ1v) is 5.92. The number of imide groups is 1. The highest BCUT2D eigenvalue weighted by molar-refractivity contribution is 8.14. The Bertz CT molecular complexity index is 447. The predicted octanol–water partition coefficient (Wildman–Crippen LogP) is 1.22. The normalized spacial score (nSPS) is 9.71. The van der Waals surface area contributed by atoms with E-state index in [1.165, 1.54) is 12.1 Å². The number of rotatable bonds is 3. The number of nitrogens with one attached hydrogen (secondary N) is 2. The molecule has 0 spiro atoms. The Morgan fingerprint density at radius 2 is 1.94 bits per heavy atom. The molecule has 5 nitrogen and oxygen atoms in total. The minimum atomic E-state index is -0.504. The summed E-state index contributed by atoms with van der Waals surface area (Å²) >= 11 is 6.52. The van der Waals surface area contributed by atoms with Crippen LogP contribution in [0.2, 0.25) is 5.02 Å². The number of amides is 2. The molecule has 0 atom stereocenters. The molecule has 90 valence electrons. The van der Waals surface area contributed by atoms with Crippen LogP contribution in [0, 0.1) is 5.41 Å². The van der Waals surface area contributed by atoms with Crippen molar-refractivity contribution in [2.75, 3.05) is 5.75 Å². The van der Waals surface area contributed by atoms with E-state index < -0.39 is 11.8 Å². The summed E-state index contributed by atoms with van der Waals surface area (Å²) in [6.07, 6.45) is 0. The van der Waals surface area contributed by atoms with Gasteiger partial charge < -0.3 is 5.73 Å². The topological polar surface area (TPSA) is 96.0 Å². The van der Waals surface area contributed by atoms with E-state index in [1.54, 1.807) is 12.1 Å². The van der Waals surface area contributed by atoms with Gasteiger partial charge in [-0.1, -0.05) is 23.4 Å². The summed E-state index contributed by atoms with van der Waals surface area (Å²) in [6, 6.07) is 6.16. The minimum absolute atomic E-state index is 0.0609. The third kappa shape index (κ3) is 4.88. The summed E-state index contributed by atoms with van der Waals surface area (Å²) in [5.41, 5.74) is 5.41. The van der Waals surface area contributed by atoms with Crippen molar-refractivity contribution in [3.63, 3.8) is 0 Å². The van der Waals surface area contributed by atoms with Gasteiger partial charge in [-0.25, -0.2) is 0 Å². The maximum Gasteiger partial charge on any atom is 0.257 e. The molecule has 0 radical (unpaired) electrons. The highest BCUT2D eigenvalue weighted by Gasteiger charge is 2.10. The second kappa shape index (κ2) is 6.27. The molecule has 0 bridgehead atoms. The zero-order valence-corrected chi connectivity index (χ0v) is 10.3. The molecule has 7 heteroatoms. The molecule has 0 aliphatic carbocycles. The highest BCUT2D eigenvalue weighted by atomic mass is 35.5. The number of thioether (sulfide) groups is 1. The molecule has 17 heavy (non-hydrogen) atoms. The fourth-order valence-corrected chi connectivity index (χ4v) is 1.46. The van der Waals surface area contributed by atoms with Crippen molar-refractivity contribution in [1.29, 1.82) is 5.41 Å². The lowest BCUT2D eigenvalue weighted by atomic mass is 10.2. The number of amidine groups is 1. The lowest BCUT2D eigenvalue weighted by Gasteiger charge is -2.03. The summed E-state index contributed by atoms with van der Waals surface area (Å²) in [6.45, 7) is 0. The molecule has 0 aliphatic rings. The fourth-order valence-electron chi connectivity index (χ4n) is 0.979. The number of hydrogen-bond donors (Lipinski definition) is 3. The Labute approximate surface area is 107 Å². The molecular weight excluding hydrogens is 262 g/mol. The zero-order valence-electron chi connectivity index (χ0n) is 8.70. The molecule has 4 N–H and O–H groups in total. The van der Waals surface area contributed by atoms with E-state index in [4.69, 9.17) is 22.7 Å². The Balaban J connectivity index is 2.51. The Kier molecular flexibility index (Phi) is 4.99. The van der Waals surface area contributed by atoms with Crippen LogP contribution in [0.15, 0.2) is 24.3 Å². The van der Waals surface area contributed by atoms with Crippen LogP contribution in [0.4, 0.5) is 0 Å². The number of carbonyl (C=O) groups is 2. The molecule has 0 unspecified atom stereocenters. The zero-order chi connectivity index (χ0) is 12.8. The van der Waals surface area contributed by atoms with Gasteiger partial charge in [0.1, 0.15) is 0 Å². The summed E-state index contributed by atoms with van der Waals surface area (Å²) < 4.78 is 0. The van der Waals surface area contributed by atoms with Gasteiger partial charge in [-0.2, -0.15) is 0 Å². The van der Waals surface area contributed by atoms with E-state index in [0.29, 0.717) is 10.6 Å². The van der Waals surface area contributed by atoms with Crippen molar-refractivity contribution in [3.05, 3.63) is 34.9 Å². The van der Waals surface area contributed by atoms with Gasteiger partial charge in [-0.3, -0.25) is 20.3 Å². The standard InChI is InChI=1S/C10H10ClN3O2S/c11-7-3-1-6(2-4-7)9(16)14-8(15)5-17-10(12)13/h1-4H,5H2,(H3,12,13)(H,14,15,16). The van der Waals surface area contributed by atoms with Gasteiger partial charge in [-0.15, -0.1) is 0 Å². The Morgan fingerprint density at radius 3 is 2.47 bits per heavy atom. The number of halogens is 1. The van der Waals surface area contributed by atoms with Crippen LogP contribution in [-0.2, 0) is 4.79 Å². The molecule has 0 fully saturated rings. The van der Waals surface area contributed by atoms with Crippen molar-refractivity contribution in [2.24, 2.45) is 5.73 Å². The first-order valence-electron chi connectivity index (χ1n) is 4.55. The number of carbonyl (C=O) groups excluding carboxylic acids is 2. The quantitative estimate of drug-likeness (QED) is 0.569. The molecule has 0 saturated heterocycles. The van der Waals surface area contributed by atoms with Crippen LogP contribution in [0.25, 0.3) is 0 Å². The summed E-state index contributed by atoms with van der Waals surface area (Å²) in [7, 11) is 0. The van der Waals surface area contributed by atoms with E-state index >= 15 is 0 Å². The number of hydrogen-bond acceptors (Lipinski definition) is 4. The SMILES string of the molecule is N=C(N)SCC(=O)NC(=O)c1ccc(Cl)cc1. The number of benzene rings is 1. The largest absolute Gasteiger partial charge is 0.379 e. The van der Waals surface area contributed by atoms with Gasteiger partial charge >= 0.3 is 0 Å². The second-order valence-electron chi connectivity index (χ2n) is 3.04. The van der Waals surface area contributed by atoms with Crippen LogP contribution in [-0.4, -0.2) is 22.7 Å². The number of nitrogens with two attached hydrogens (primary N) is 1. The van der Waals surface area contributed by atoms with Crippen LogP contribution < -0.4 is 11.1 Å². The fraction of sp³-hybridized carbons (Fsp3) is 0.100. The maximum absolute atomic E-state index is 11.5. The molecule has 2 amide bonds. The third-order valence-corrected chi connectivity index (χ3v) is 2.69. The third-order valence-electron chi connectivity index (χ3n) is 1.72. The van der Waals surface area contributed by atoms with E-state index in [0.717, 1.165) is 11.8 Å². The molecule has 1 aromatic carbocycles. The van der Waals surface area contributed by atoms with Crippen LogP contribution in [0.3, 0.4) is 0 Å². The summed E-state index contributed by atoms with van der Waals surface area (Å²) in [4.78, 5) is 22.8. The molecule has 0 aromatic heterocycles. The summed E-state index contributed by atoms with van der Waals surface area (Å²) in [5.74, 6) is -1.06. The first-order chi connectivity index (χ1) is 7.99. The lowest BCUT2D eigenvalue weighted by Crippen LogP contribution is -2.32. The average Bonchev–Trinajstić information content (AvgIpc) is 2.27. The van der Waals surface area contributed by atoms with Gasteiger partial charge in [0.15, 0.2) is 5.17 Å². The average molecular weight is 272 g/mol. The van der Waals surface area contributed by atoms with Crippen LogP contribution >= 0.6 is 23.4 Å². The van der Waals surface area contributed by atoms with Crippen molar-refractivity contribution in [1.82, 2.24) is 5.32 Å². The van der Waals surface area contributed by atoms with Crippen molar-refractivity contribution >= 4 is 40.3 Å².